The van der Waals surface area contributed by atoms with Crippen LogP contribution < -0.4 is 20.3 Å². The van der Waals surface area contributed by atoms with Crippen LogP contribution in [-0.2, 0) is 9.59 Å². The van der Waals surface area contributed by atoms with Gasteiger partial charge in [0.15, 0.2) is 0 Å². The predicted octanol–water partition coefficient (Wildman–Crippen LogP) is 7.13. The number of amides is 3. The Bertz CT molecular complexity index is 1620. The largest absolute Gasteiger partial charge is 0.457 e. The Kier molecular flexibility index (Phi) is 7.36. The van der Waals surface area contributed by atoms with E-state index in [0.29, 0.717) is 39.1 Å². The van der Waals surface area contributed by atoms with Gasteiger partial charge < -0.3 is 15.4 Å². The van der Waals surface area contributed by atoms with Gasteiger partial charge in [-0.25, -0.2) is 4.90 Å². The molecule has 5 rings (SSSR count). The third-order valence-electron chi connectivity index (χ3n) is 5.92. The van der Waals surface area contributed by atoms with Gasteiger partial charge in [0.05, 0.1) is 5.69 Å². The number of nitrogens with zero attached hydrogens (tertiary/aromatic N) is 1. The SMILES string of the molecule is Cc1ccc(NC(=O)c2cccc(NC3=C(Cl)C(=O)N(c4ccc(Oc5ccccc5)cc4)C3=O)c2)cc1Cl. The molecule has 194 valence electrons. The summed E-state index contributed by atoms with van der Waals surface area (Å²) in [6.07, 6.45) is 0. The van der Waals surface area contributed by atoms with Gasteiger partial charge in [-0.15, -0.1) is 0 Å². The molecule has 0 unspecified atom stereocenters. The third-order valence-corrected chi connectivity index (χ3v) is 6.68. The van der Waals surface area contributed by atoms with E-state index in [1.54, 1.807) is 60.7 Å². The zero-order chi connectivity index (χ0) is 27.5. The summed E-state index contributed by atoms with van der Waals surface area (Å²) >= 11 is 12.4. The summed E-state index contributed by atoms with van der Waals surface area (Å²) in [5.74, 6) is -0.443. The van der Waals surface area contributed by atoms with E-state index < -0.39 is 11.8 Å². The number of benzene rings is 4. The molecule has 2 N–H and O–H groups in total. The molecule has 0 saturated heterocycles. The van der Waals surface area contributed by atoms with E-state index >= 15 is 0 Å². The molecule has 1 aliphatic rings. The summed E-state index contributed by atoms with van der Waals surface area (Å²) in [7, 11) is 0. The molecule has 0 saturated carbocycles. The number of hydrogen-bond donors (Lipinski definition) is 2. The highest BCUT2D eigenvalue weighted by Crippen LogP contribution is 2.32. The molecular formula is C30H21Cl2N3O4. The summed E-state index contributed by atoms with van der Waals surface area (Å²) in [5, 5.41) is 5.97. The molecule has 1 aliphatic heterocycles. The highest BCUT2D eigenvalue weighted by molar-refractivity contribution is 6.53. The molecule has 0 bridgehead atoms. The van der Waals surface area contributed by atoms with Crippen molar-refractivity contribution in [2.75, 3.05) is 15.5 Å². The average Bonchev–Trinajstić information content (AvgIpc) is 3.15. The third kappa shape index (κ3) is 5.65. The molecule has 3 amide bonds. The maximum Gasteiger partial charge on any atom is 0.283 e. The second-order valence-corrected chi connectivity index (χ2v) is 9.45. The van der Waals surface area contributed by atoms with E-state index in [1.165, 1.54) is 0 Å². The number of aryl methyl sites for hydroxylation is 1. The highest BCUT2D eigenvalue weighted by Gasteiger charge is 2.39. The Morgan fingerprint density at radius 2 is 1.49 bits per heavy atom. The molecule has 0 aliphatic carbocycles. The lowest BCUT2D eigenvalue weighted by atomic mass is 10.1. The Hall–Kier alpha value is -4.59. The number of imide groups is 1. The Labute approximate surface area is 234 Å². The van der Waals surface area contributed by atoms with Gasteiger partial charge in [0.2, 0.25) is 0 Å². The van der Waals surface area contributed by atoms with E-state index in [-0.39, 0.29) is 16.6 Å². The molecule has 39 heavy (non-hydrogen) atoms. The minimum atomic E-state index is -0.661. The molecule has 9 heteroatoms. The minimum absolute atomic E-state index is 0.0887. The lowest BCUT2D eigenvalue weighted by Gasteiger charge is -2.16. The smallest absolute Gasteiger partial charge is 0.283 e. The number of para-hydroxylation sites is 1. The topological polar surface area (TPSA) is 87.7 Å². The molecule has 0 atom stereocenters. The van der Waals surface area contributed by atoms with Gasteiger partial charge in [-0.2, -0.15) is 0 Å². The monoisotopic (exact) mass is 557 g/mol. The Balaban J connectivity index is 1.29. The zero-order valence-corrected chi connectivity index (χ0v) is 22.1. The zero-order valence-electron chi connectivity index (χ0n) is 20.6. The molecule has 0 spiro atoms. The van der Waals surface area contributed by atoms with E-state index in [0.717, 1.165) is 10.5 Å². The molecule has 0 fully saturated rings. The Morgan fingerprint density at radius 1 is 0.769 bits per heavy atom. The van der Waals surface area contributed by atoms with Crippen molar-refractivity contribution in [2.24, 2.45) is 0 Å². The molecular weight excluding hydrogens is 537 g/mol. The number of nitrogens with one attached hydrogen (secondary N) is 2. The fourth-order valence-corrected chi connectivity index (χ4v) is 4.28. The minimum Gasteiger partial charge on any atom is -0.457 e. The van der Waals surface area contributed by atoms with Gasteiger partial charge >= 0.3 is 0 Å². The number of hydrogen-bond acceptors (Lipinski definition) is 5. The lowest BCUT2D eigenvalue weighted by Crippen LogP contribution is -2.32. The van der Waals surface area contributed by atoms with Crippen LogP contribution in [0, 0.1) is 6.92 Å². The lowest BCUT2D eigenvalue weighted by molar-refractivity contribution is -0.120. The van der Waals surface area contributed by atoms with Gasteiger partial charge in [-0.05, 0) is 79.2 Å². The van der Waals surface area contributed by atoms with Crippen molar-refractivity contribution in [1.82, 2.24) is 0 Å². The van der Waals surface area contributed by atoms with Crippen LogP contribution in [0.2, 0.25) is 5.02 Å². The highest BCUT2D eigenvalue weighted by atomic mass is 35.5. The first kappa shape index (κ1) is 26.0. The molecule has 4 aromatic carbocycles. The predicted molar refractivity (Wildman–Crippen MR) is 153 cm³/mol. The van der Waals surface area contributed by atoms with Crippen molar-refractivity contribution >= 4 is 58.0 Å². The van der Waals surface area contributed by atoms with Gasteiger partial charge in [-0.3, -0.25) is 14.4 Å². The van der Waals surface area contributed by atoms with E-state index in [4.69, 9.17) is 27.9 Å². The number of rotatable bonds is 7. The second kappa shape index (κ2) is 11.0. The summed E-state index contributed by atoms with van der Waals surface area (Å²) in [4.78, 5) is 39.9. The van der Waals surface area contributed by atoms with Crippen LogP contribution in [0.5, 0.6) is 11.5 Å². The molecule has 0 radical (unpaired) electrons. The maximum atomic E-state index is 13.2. The van der Waals surface area contributed by atoms with Crippen molar-refractivity contribution in [3.8, 4) is 11.5 Å². The molecule has 4 aromatic rings. The first-order valence-corrected chi connectivity index (χ1v) is 12.6. The van der Waals surface area contributed by atoms with Gasteiger partial charge in [-0.1, -0.05) is 53.5 Å². The van der Waals surface area contributed by atoms with Crippen molar-refractivity contribution in [1.29, 1.82) is 0 Å². The summed E-state index contributed by atoms with van der Waals surface area (Å²) in [6, 6.07) is 27.5. The van der Waals surface area contributed by atoms with Crippen LogP contribution in [0.4, 0.5) is 17.1 Å². The van der Waals surface area contributed by atoms with Crippen LogP contribution in [0.1, 0.15) is 15.9 Å². The average molecular weight is 558 g/mol. The fraction of sp³-hybridized carbons (Fsp3) is 0.0333. The number of carbonyl (C=O) groups excluding carboxylic acids is 3. The summed E-state index contributed by atoms with van der Waals surface area (Å²) in [6.45, 7) is 1.87. The quantitative estimate of drug-likeness (QED) is 0.236. The normalized spacial score (nSPS) is 13.1. The molecule has 7 nitrogen and oxygen atoms in total. The van der Waals surface area contributed by atoms with Gasteiger partial charge in [0.1, 0.15) is 22.2 Å². The fourth-order valence-electron chi connectivity index (χ4n) is 3.89. The summed E-state index contributed by atoms with van der Waals surface area (Å²) in [5.41, 5.74) is 2.43. The van der Waals surface area contributed by atoms with Crippen LogP contribution >= 0.6 is 23.2 Å². The van der Waals surface area contributed by atoms with Crippen LogP contribution in [0.3, 0.4) is 0 Å². The van der Waals surface area contributed by atoms with E-state index in [2.05, 4.69) is 10.6 Å². The van der Waals surface area contributed by atoms with Crippen molar-refractivity contribution < 1.29 is 19.1 Å². The van der Waals surface area contributed by atoms with Gasteiger partial charge in [0.25, 0.3) is 17.7 Å². The Morgan fingerprint density at radius 3 is 2.21 bits per heavy atom. The van der Waals surface area contributed by atoms with Crippen molar-refractivity contribution in [3.05, 3.63) is 124 Å². The van der Waals surface area contributed by atoms with Crippen LogP contribution in [0.25, 0.3) is 0 Å². The number of halogens is 2. The molecule has 1 heterocycles. The van der Waals surface area contributed by atoms with Crippen molar-refractivity contribution in [3.63, 3.8) is 0 Å². The van der Waals surface area contributed by atoms with E-state index in [1.807, 2.05) is 43.3 Å². The number of carbonyl (C=O) groups is 3. The summed E-state index contributed by atoms with van der Waals surface area (Å²) < 4.78 is 5.77. The first-order valence-electron chi connectivity index (χ1n) is 11.9. The van der Waals surface area contributed by atoms with Crippen LogP contribution in [-0.4, -0.2) is 17.7 Å². The number of ether oxygens (including phenoxy) is 1. The van der Waals surface area contributed by atoms with Crippen LogP contribution in [0.15, 0.2) is 108 Å². The number of anilines is 3. The van der Waals surface area contributed by atoms with Gasteiger partial charge in [0, 0.05) is 22.0 Å². The first-order chi connectivity index (χ1) is 18.8. The standard InChI is InChI=1S/C30H21Cl2N3O4/c1-18-10-11-21(17-25(18)31)34-28(36)19-6-5-7-20(16-19)33-27-26(32)29(37)35(30(27)38)22-12-14-24(15-13-22)39-23-8-3-2-4-9-23/h2-17,33H,1H3,(H,34,36). The maximum absolute atomic E-state index is 13.2. The molecule has 0 aromatic heterocycles. The van der Waals surface area contributed by atoms with Crippen molar-refractivity contribution in [2.45, 2.75) is 6.92 Å². The second-order valence-electron chi connectivity index (χ2n) is 8.67. The van der Waals surface area contributed by atoms with E-state index in [9.17, 15) is 14.4 Å².